The first-order chi connectivity index (χ1) is 22.6. The molecule has 1 amide bonds. The van der Waals surface area contributed by atoms with E-state index in [-0.39, 0.29) is 44.6 Å². The molecule has 7 atom stereocenters. The topological polar surface area (TPSA) is 159 Å². The lowest BCUT2D eigenvalue weighted by Gasteiger charge is -2.48. The molecule has 2 bridgehead atoms. The number of nitrogens with one attached hydrogen (secondary N) is 1. The summed E-state index contributed by atoms with van der Waals surface area (Å²) in [5.74, 6) is -2.48. The van der Waals surface area contributed by atoms with Crippen molar-refractivity contribution in [2.45, 2.75) is 94.8 Å². The fourth-order valence-corrected chi connectivity index (χ4v) is 8.26. The third kappa shape index (κ3) is 4.92. The van der Waals surface area contributed by atoms with Crippen molar-refractivity contribution in [2.24, 2.45) is 22.7 Å². The Bertz CT molecular complexity index is 1510. The molecule has 1 aromatic rings. The van der Waals surface area contributed by atoms with Crippen molar-refractivity contribution in [3.05, 3.63) is 41.5 Å². The Kier molecular flexibility index (Phi) is 7.30. The maximum absolute atomic E-state index is 14.1. The summed E-state index contributed by atoms with van der Waals surface area (Å²) in [6.07, 6.45) is 3.34. The van der Waals surface area contributed by atoms with Crippen LogP contribution in [0.2, 0.25) is 0 Å². The van der Waals surface area contributed by atoms with Gasteiger partial charge < -0.3 is 34.1 Å². The van der Waals surface area contributed by atoms with Gasteiger partial charge in [-0.15, -0.1) is 0 Å². The predicted molar refractivity (Wildman–Crippen MR) is 159 cm³/mol. The number of ether oxygens (including phenoxy) is 5. The third-order valence-corrected chi connectivity index (χ3v) is 10.8. The Labute approximate surface area is 271 Å². The normalized spacial score (nSPS) is 36.6. The molecule has 7 fully saturated rings. The van der Waals surface area contributed by atoms with Crippen LogP contribution in [0.15, 0.2) is 30.3 Å². The van der Waals surface area contributed by atoms with E-state index in [1.807, 2.05) is 18.2 Å². The molecule has 13 heteroatoms. The van der Waals surface area contributed by atoms with E-state index in [9.17, 15) is 24.3 Å². The second-order valence-corrected chi connectivity index (χ2v) is 14.6. The molecule has 7 aliphatic rings. The van der Waals surface area contributed by atoms with E-state index >= 15 is 0 Å². The van der Waals surface area contributed by atoms with Crippen LogP contribution < -0.4 is 5.32 Å². The van der Waals surface area contributed by atoms with E-state index in [1.54, 1.807) is 26.0 Å². The number of hydroxylamine groups is 2. The lowest BCUT2D eigenvalue weighted by atomic mass is 9.62. The van der Waals surface area contributed by atoms with Crippen molar-refractivity contribution < 1.29 is 52.8 Å². The summed E-state index contributed by atoms with van der Waals surface area (Å²) in [6.45, 7) is 3.61. The van der Waals surface area contributed by atoms with Crippen molar-refractivity contribution in [1.82, 2.24) is 10.4 Å². The zero-order chi connectivity index (χ0) is 32.7. The summed E-state index contributed by atoms with van der Waals surface area (Å²) < 4.78 is 30.1. The molecule has 8 rings (SSSR count). The maximum Gasteiger partial charge on any atom is 0.348 e. The van der Waals surface area contributed by atoms with Crippen molar-refractivity contribution in [3.63, 3.8) is 0 Å². The minimum absolute atomic E-state index is 0.0266. The number of benzene rings is 1. The monoisotopic (exact) mass is 652 g/mol. The quantitative estimate of drug-likeness (QED) is 0.213. The first-order valence-electron chi connectivity index (χ1n) is 16.6. The van der Waals surface area contributed by atoms with Crippen LogP contribution >= 0.6 is 0 Å². The second kappa shape index (κ2) is 11.1. The Hall–Kier alpha value is -3.36. The fourth-order valence-electron chi connectivity index (χ4n) is 8.26. The van der Waals surface area contributed by atoms with Crippen molar-refractivity contribution in [3.8, 4) is 0 Å². The summed E-state index contributed by atoms with van der Waals surface area (Å²) in [5.41, 5.74) is -0.612. The first-order valence-corrected chi connectivity index (χ1v) is 16.6. The highest BCUT2D eigenvalue weighted by Crippen LogP contribution is 2.63. The van der Waals surface area contributed by atoms with E-state index in [2.05, 4.69) is 5.32 Å². The SMILES string of the molecule is CC1(C)COC(=O)[C@@H]1OC(=O)C=Cc1ccccc1CN1O[C@@H]2[C@H]3OC(C4CC4)(C4CC4)O[C@H]3[C@H]3C[C@]2(C(=O)NCCO)[C@@H]1C(=O)O3. The molecular weight excluding hydrogens is 612 g/mol. The van der Waals surface area contributed by atoms with Gasteiger partial charge in [0.15, 0.2) is 11.8 Å². The molecule has 13 nitrogen and oxygen atoms in total. The summed E-state index contributed by atoms with van der Waals surface area (Å²) in [6, 6.07) is 6.20. The Morgan fingerprint density at radius 1 is 1.06 bits per heavy atom. The molecule has 4 saturated heterocycles. The molecule has 252 valence electrons. The molecule has 0 spiro atoms. The van der Waals surface area contributed by atoms with Gasteiger partial charge in [0.05, 0.1) is 13.2 Å². The van der Waals surface area contributed by atoms with Gasteiger partial charge in [0, 0.05) is 36.3 Å². The van der Waals surface area contributed by atoms with Crippen molar-refractivity contribution in [2.75, 3.05) is 19.8 Å². The van der Waals surface area contributed by atoms with E-state index in [0.717, 1.165) is 25.7 Å². The number of fused-ring (bicyclic) bond motifs is 4. The Balaban J connectivity index is 1.08. The van der Waals surface area contributed by atoms with E-state index < -0.39 is 77.0 Å². The van der Waals surface area contributed by atoms with Gasteiger partial charge in [-0.1, -0.05) is 38.1 Å². The molecule has 2 N–H and O–H groups in total. The average Bonchev–Trinajstić information content (AvgIpc) is 3.99. The number of carbonyl (C=O) groups is 4. The summed E-state index contributed by atoms with van der Waals surface area (Å²) in [7, 11) is 0. The molecule has 47 heavy (non-hydrogen) atoms. The van der Waals surface area contributed by atoms with Crippen LogP contribution in [0, 0.1) is 22.7 Å². The number of amides is 1. The number of rotatable bonds is 10. The van der Waals surface area contributed by atoms with Crippen LogP contribution in [0.4, 0.5) is 0 Å². The van der Waals surface area contributed by atoms with Gasteiger partial charge in [0.25, 0.3) is 0 Å². The molecule has 4 heterocycles. The molecule has 1 aromatic carbocycles. The van der Waals surface area contributed by atoms with Gasteiger partial charge in [-0.05, 0) is 42.9 Å². The number of cyclic esters (lactones) is 1. The lowest BCUT2D eigenvalue weighted by Crippen LogP contribution is -2.69. The summed E-state index contributed by atoms with van der Waals surface area (Å²) in [4.78, 5) is 59.4. The van der Waals surface area contributed by atoms with Crippen LogP contribution in [0.1, 0.15) is 57.1 Å². The number of hydrogen-bond acceptors (Lipinski definition) is 12. The minimum atomic E-state index is -1.33. The molecule has 3 aliphatic carbocycles. The summed E-state index contributed by atoms with van der Waals surface area (Å²) >= 11 is 0. The number of aliphatic hydroxyl groups is 1. The number of aliphatic hydroxyl groups excluding tert-OH is 1. The number of nitrogens with zero attached hydrogens (tertiary/aromatic N) is 1. The Morgan fingerprint density at radius 2 is 1.79 bits per heavy atom. The van der Waals surface area contributed by atoms with Crippen LogP contribution in [-0.4, -0.2) is 96.1 Å². The first kappa shape index (κ1) is 30.9. The highest BCUT2D eigenvalue weighted by Gasteiger charge is 2.78. The van der Waals surface area contributed by atoms with E-state index in [1.165, 1.54) is 11.1 Å². The van der Waals surface area contributed by atoms with Crippen LogP contribution in [0.3, 0.4) is 0 Å². The zero-order valence-electron chi connectivity index (χ0n) is 26.4. The standard InChI is InChI=1S/C34H40N2O11/c1-32(2)17-42-30(40)28(32)44-23(38)12-7-18-5-3-4-6-19(18)16-36-26-29(39)43-22-15-33(26,31(41)35-13-14-37)27(47-36)25-24(22)45-34(46-25,20-8-9-20)21-10-11-21/h3-7,12,20-22,24-28,37H,8-11,13-17H2,1-2H3,(H,35,41)/t22-,24+,25+,26+,27-,28+,33+/m1/s1. The fraction of sp³-hybridized carbons (Fsp3) is 0.647. The van der Waals surface area contributed by atoms with Crippen LogP contribution in [0.25, 0.3) is 6.08 Å². The van der Waals surface area contributed by atoms with Gasteiger partial charge in [0.1, 0.15) is 36.4 Å². The number of hydrogen-bond donors (Lipinski definition) is 2. The zero-order valence-corrected chi connectivity index (χ0v) is 26.4. The smallest absolute Gasteiger partial charge is 0.348 e. The van der Waals surface area contributed by atoms with Gasteiger partial charge >= 0.3 is 17.9 Å². The Morgan fingerprint density at radius 3 is 2.47 bits per heavy atom. The highest BCUT2D eigenvalue weighted by molar-refractivity contribution is 5.94. The van der Waals surface area contributed by atoms with Crippen LogP contribution in [0.5, 0.6) is 0 Å². The maximum atomic E-state index is 14.1. The van der Waals surface area contributed by atoms with Crippen LogP contribution in [-0.2, 0) is 54.2 Å². The predicted octanol–water partition coefficient (Wildman–Crippen LogP) is 1.40. The van der Waals surface area contributed by atoms with Gasteiger partial charge in [-0.25, -0.2) is 9.59 Å². The van der Waals surface area contributed by atoms with Gasteiger partial charge in [-0.3, -0.25) is 14.4 Å². The molecule has 0 radical (unpaired) electrons. The molecule has 3 saturated carbocycles. The van der Waals surface area contributed by atoms with Gasteiger partial charge in [-0.2, -0.15) is 5.06 Å². The highest BCUT2D eigenvalue weighted by atomic mass is 16.8. The van der Waals surface area contributed by atoms with Crippen molar-refractivity contribution >= 4 is 29.9 Å². The molecule has 0 unspecified atom stereocenters. The van der Waals surface area contributed by atoms with Crippen molar-refractivity contribution in [1.29, 1.82) is 0 Å². The largest absolute Gasteiger partial charge is 0.462 e. The molecule has 0 aromatic heterocycles. The second-order valence-electron chi connectivity index (χ2n) is 14.6. The molecule has 4 aliphatic heterocycles. The average molecular weight is 653 g/mol. The number of esters is 3. The lowest BCUT2D eigenvalue weighted by molar-refractivity contribution is -0.235. The van der Waals surface area contributed by atoms with E-state index in [0.29, 0.717) is 11.1 Å². The van der Waals surface area contributed by atoms with E-state index in [4.69, 9.17) is 28.5 Å². The molecular formula is C34H40N2O11. The number of carbonyl (C=O) groups excluding carboxylic acids is 4. The summed E-state index contributed by atoms with van der Waals surface area (Å²) in [5, 5.41) is 13.8. The van der Waals surface area contributed by atoms with Gasteiger partial charge in [0.2, 0.25) is 12.0 Å². The third-order valence-electron chi connectivity index (χ3n) is 10.8. The minimum Gasteiger partial charge on any atom is -0.462 e.